The second-order valence-electron chi connectivity index (χ2n) is 4.54. The number of phenols is 1. The molecule has 2 N–H and O–H groups in total. The molecule has 0 atom stereocenters. The van der Waals surface area contributed by atoms with Gasteiger partial charge in [-0.1, -0.05) is 6.07 Å². The second-order valence-corrected chi connectivity index (χ2v) is 5.39. The molecule has 0 aromatic heterocycles. The molecule has 2 rings (SSSR count). The smallest absolute Gasteiger partial charge is 0.271 e. The molecule has 0 fully saturated rings. The number of halogens is 1. The van der Waals surface area contributed by atoms with Crippen LogP contribution in [0.4, 0.5) is 0 Å². The summed E-state index contributed by atoms with van der Waals surface area (Å²) in [4.78, 5) is 11.9. The maximum Gasteiger partial charge on any atom is 0.271 e. The molecular formula is C16H15BrN2O3. The van der Waals surface area contributed by atoms with Gasteiger partial charge in [0.15, 0.2) is 0 Å². The standard InChI is InChI=1S/C16H15BrN2O3/c1-10(11-6-7-15(22-2)14(17)9-11)18-19-16(21)12-4-3-5-13(20)8-12/h3-9,20H,1-2H3,(H,19,21)/b18-10-. The van der Waals surface area contributed by atoms with Gasteiger partial charge in [0, 0.05) is 5.56 Å². The lowest BCUT2D eigenvalue weighted by Crippen LogP contribution is -2.19. The first kappa shape index (κ1) is 16.0. The van der Waals surface area contributed by atoms with Crippen molar-refractivity contribution >= 4 is 27.5 Å². The Morgan fingerprint density at radius 3 is 2.64 bits per heavy atom. The van der Waals surface area contributed by atoms with E-state index in [0.717, 1.165) is 15.8 Å². The summed E-state index contributed by atoms with van der Waals surface area (Å²) in [6.45, 7) is 1.79. The molecule has 5 nitrogen and oxygen atoms in total. The molecule has 2 aromatic carbocycles. The van der Waals surface area contributed by atoms with E-state index in [0.29, 0.717) is 11.3 Å². The van der Waals surface area contributed by atoms with Gasteiger partial charge in [-0.15, -0.1) is 0 Å². The van der Waals surface area contributed by atoms with E-state index in [1.54, 1.807) is 26.2 Å². The molecule has 1 amide bonds. The highest BCUT2D eigenvalue weighted by Gasteiger charge is 2.07. The zero-order chi connectivity index (χ0) is 16.1. The summed E-state index contributed by atoms with van der Waals surface area (Å²) in [5, 5.41) is 13.4. The van der Waals surface area contributed by atoms with Gasteiger partial charge in [0.25, 0.3) is 5.91 Å². The van der Waals surface area contributed by atoms with Crippen LogP contribution in [0.2, 0.25) is 0 Å². The van der Waals surface area contributed by atoms with Gasteiger partial charge in [-0.05, 0) is 64.8 Å². The molecule has 0 bridgehead atoms. The monoisotopic (exact) mass is 362 g/mol. The first-order valence-corrected chi connectivity index (χ1v) is 7.28. The van der Waals surface area contributed by atoms with Crippen LogP contribution in [0, 0.1) is 0 Å². The van der Waals surface area contributed by atoms with Gasteiger partial charge >= 0.3 is 0 Å². The van der Waals surface area contributed by atoms with Crippen LogP contribution in [0.1, 0.15) is 22.8 Å². The number of amides is 1. The maximum absolute atomic E-state index is 11.9. The van der Waals surface area contributed by atoms with E-state index in [1.165, 1.54) is 12.1 Å². The zero-order valence-electron chi connectivity index (χ0n) is 12.1. The molecule has 0 aliphatic heterocycles. The normalized spacial score (nSPS) is 11.1. The third kappa shape index (κ3) is 3.85. The van der Waals surface area contributed by atoms with E-state index in [-0.39, 0.29) is 11.7 Å². The van der Waals surface area contributed by atoms with Crippen LogP contribution in [0.5, 0.6) is 11.5 Å². The van der Waals surface area contributed by atoms with Gasteiger partial charge in [-0.3, -0.25) is 4.79 Å². The Hall–Kier alpha value is -2.34. The van der Waals surface area contributed by atoms with Gasteiger partial charge < -0.3 is 9.84 Å². The van der Waals surface area contributed by atoms with Gasteiger partial charge in [0.2, 0.25) is 0 Å². The van der Waals surface area contributed by atoms with Crippen molar-refractivity contribution in [1.82, 2.24) is 5.43 Å². The summed E-state index contributed by atoms with van der Waals surface area (Å²) in [5.41, 5.74) is 4.30. The lowest BCUT2D eigenvalue weighted by Gasteiger charge is -2.07. The molecule has 0 spiro atoms. The van der Waals surface area contributed by atoms with Gasteiger partial charge in [0.1, 0.15) is 11.5 Å². The lowest BCUT2D eigenvalue weighted by molar-refractivity contribution is 0.0954. The minimum Gasteiger partial charge on any atom is -0.508 e. The van der Waals surface area contributed by atoms with E-state index in [4.69, 9.17) is 4.74 Å². The molecule has 22 heavy (non-hydrogen) atoms. The summed E-state index contributed by atoms with van der Waals surface area (Å²) < 4.78 is 5.97. The van der Waals surface area contributed by atoms with Crippen LogP contribution in [0.25, 0.3) is 0 Å². The zero-order valence-corrected chi connectivity index (χ0v) is 13.7. The molecule has 0 heterocycles. The summed E-state index contributed by atoms with van der Waals surface area (Å²) in [5.74, 6) is 0.371. The fourth-order valence-electron chi connectivity index (χ4n) is 1.80. The van der Waals surface area contributed by atoms with Gasteiger partial charge in [-0.25, -0.2) is 5.43 Å². The minimum atomic E-state index is -0.386. The first-order valence-electron chi connectivity index (χ1n) is 6.49. The van der Waals surface area contributed by atoms with Crippen molar-refractivity contribution in [2.45, 2.75) is 6.92 Å². The number of hydrazone groups is 1. The second kappa shape index (κ2) is 7.09. The number of methoxy groups -OCH3 is 1. The van der Waals surface area contributed by atoms with Crippen molar-refractivity contribution in [1.29, 1.82) is 0 Å². The molecule has 2 aromatic rings. The van der Waals surface area contributed by atoms with Gasteiger partial charge in [-0.2, -0.15) is 5.10 Å². The Kier molecular flexibility index (Phi) is 5.16. The summed E-state index contributed by atoms with van der Waals surface area (Å²) in [7, 11) is 1.59. The summed E-state index contributed by atoms with van der Waals surface area (Å²) in [6.07, 6.45) is 0. The van der Waals surface area contributed by atoms with Crippen LogP contribution in [0.3, 0.4) is 0 Å². The van der Waals surface area contributed by atoms with Crippen molar-refractivity contribution < 1.29 is 14.6 Å². The van der Waals surface area contributed by atoms with E-state index in [2.05, 4.69) is 26.5 Å². The average Bonchev–Trinajstić information content (AvgIpc) is 2.52. The number of nitrogens with zero attached hydrogens (tertiary/aromatic N) is 1. The number of aromatic hydroxyl groups is 1. The summed E-state index contributed by atoms with van der Waals surface area (Å²) in [6, 6.07) is 11.6. The molecule has 6 heteroatoms. The van der Waals surface area contributed by atoms with Crippen LogP contribution < -0.4 is 10.2 Å². The van der Waals surface area contributed by atoms with E-state index < -0.39 is 0 Å². The van der Waals surface area contributed by atoms with Crippen LogP contribution >= 0.6 is 15.9 Å². The minimum absolute atomic E-state index is 0.0347. The number of phenolic OH excluding ortho intramolecular Hbond substituents is 1. The highest BCUT2D eigenvalue weighted by Crippen LogP contribution is 2.25. The van der Waals surface area contributed by atoms with E-state index in [9.17, 15) is 9.90 Å². The van der Waals surface area contributed by atoms with Crippen molar-refractivity contribution in [3.05, 3.63) is 58.1 Å². The molecule has 0 aliphatic rings. The van der Waals surface area contributed by atoms with Crippen molar-refractivity contribution in [3.63, 3.8) is 0 Å². The Morgan fingerprint density at radius 1 is 1.23 bits per heavy atom. The quantitative estimate of drug-likeness (QED) is 0.647. The predicted octanol–water partition coefficient (Wildman–Crippen LogP) is 3.32. The van der Waals surface area contributed by atoms with Crippen molar-refractivity contribution in [2.24, 2.45) is 5.10 Å². The SMILES string of the molecule is COc1ccc(/C(C)=N\NC(=O)c2cccc(O)c2)cc1Br. The third-order valence-corrected chi connectivity index (χ3v) is 3.62. The highest BCUT2D eigenvalue weighted by atomic mass is 79.9. The number of nitrogens with one attached hydrogen (secondary N) is 1. The lowest BCUT2D eigenvalue weighted by atomic mass is 10.1. The number of carbonyl (C=O) groups is 1. The molecule has 0 radical (unpaired) electrons. The Balaban J connectivity index is 2.12. The molecule has 114 valence electrons. The molecule has 0 aliphatic carbocycles. The fourth-order valence-corrected chi connectivity index (χ4v) is 2.34. The average molecular weight is 363 g/mol. The Labute approximate surface area is 136 Å². The molecular weight excluding hydrogens is 348 g/mol. The van der Waals surface area contributed by atoms with E-state index in [1.807, 2.05) is 18.2 Å². The number of ether oxygens (including phenoxy) is 1. The topological polar surface area (TPSA) is 70.9 Å². The molecule has 0 saturated carbocycles. The molecule has 0 unspecified atom stereocenters. The first-order chi connectivity index (χ1) is 10.5. The van der Waals surface area contributed by atoms with Crippen LogP contribution in [0.15, 0.2) is 52.0 Å². The Morgan fingerprint density at radius 2 is 2.00 bits per heavy atom. The predicted molar refractivity (Wildman–Crippen MR) is 88.5 cm³/mol. The Bertz CT molecular complexity index is 729. The number of hydrogen-bond acceptors (Lipinski definition) is 4. The van der Waals surface area contributed by atoms with Crippen molar-refractivity contribution in [3.8, 4) is 11.5 Å². The van der Waals surface area contributed by atoms with Crippen molar-refractivity contribution in [2.75, 3.05) is 7.11 Å². The highest BCUT2D eigenvalue weighted by molar-refractivity contribution is 9.10. The molecule has 0 saturated heterocycles. The maximum atomic E-state index is 11.9. The van der Waals surface area contributed by atoms with Gasteiger partial charge in [0.05, 0.1) is 17.3 Å². The van der Waals surface area contributed by atoms with Crippen LogP contribution in [-0.4, -0.2) is 23.8 Å². The summed E-state index contributed by atoms with van der Waals surface area (Å²) >= 11 is 3.41. The largest absolute Gasteiger partial charge is 0.508 e. The number of rotatable bonds is 4. The number of benzene rings is 2. The van der Waals surface area contributed by atoms with E-state index >= 15 is 0 Å². The number of hydrogen-bond donors (Lipinski definition) is 2. The number of carbonyl (C=O) groups excluding carboxylic acids is 1. The fraction of sp³-hybridized carbons (Fsp3) is 0.125. The van der Waals surface area contributed by atoms with Crippen LogP contribution in [-0.2, 0) is 0 Å². The third-order valence-electron chi connectivity index (χ3n) is 3.00.